The highest BCUT2D eigenvalue weighted by molar-refractivity contribution is 7.98. The summed E-state index contributed by atoms with van der Waals surface area (Å²) < 4.78 is 0. The van der Waals surface area contributed by atoms with Crippen molar-refractivity contribution in [2.45, 2.75) is 37.0 Å². The molecule has 2 aromatic carbocycles. The number of benzene rings is 2. The van der Waals surface area contributed by atoms with E-state index in [1.54, 1.807) is 11.8 Å². The third-order valence-corrected chi connectivity index (χ3v) is 6.38. The Morgan fingerprint density at radius 2 is 1.79 bits per heavy atom. The molecule has 0 saturated carbocycles. The van der Waals surface area contributed by atoms with Crippen molar-refractivity contribution in [1.29, 1.82) is 0 Å². The number of carbonyl (C=O) groups excluding carboxylic acids is 2. The van der Waals surface area contributed by atoms with E-state index in [-0.39, 0.29) is 17.6 Å². The molecule has 4 nitrogen and oxygen atoms in total. The molecule has 1 aliphatic carbocycles. The molecular weight excluding hydrogens is 380 g/mol. The van der Waals surface area contributed by atoms with E-state index in [4.69, 9.17) is 4.99 Å². The lowest BCUT2D eigenvalue weighted by Crippen LogP contribution is -2.39. The summed E-state index contributed by atoms with van der Waals surface area (Å²) in [5, 5.41) is 3.02. The lowest BCUT2D eigenvalue weighted by Gasteiger charge is -2.35. The fourth-order valence-corrected chi connectivity index (χ4v) is 4.67. The molecule has 2 atom stereocenters. The fourth-order valence-electron chi connectivity index (χ4n) is 4.26. The van der Waals surface area contributed by atoms with Crippen molar-refractivity contribution in [2.24, 2.45) is 10.9 Å². The number of hydrogen-bond acceptors (Lipinski definition) is 4. The van der Waals surface area contributed by atoms with Crippen LogP contribution in [0.15, 0.2) is 75.8 Å². The van der Waals surface area contributed by atoms with Gasteiger partial charge in [0.05, 0.1) is 5.92 Å². The lowest BCUT2D eigenvalue weighted by atomic mass is 9.71. The number of aliphatic imine (C=N–C) groups is 1. The summed E-state index contributed by atoms with van der Waals surface area (Å²) in [5.41, 5.74) is 4.10. The average Bonchev–Trinajstić information content (AvgIpc) is 2.73. The molecule has 1 heterocycles. The van der Waals surface area contributed by atoms with Gasteiger partial charge in [0.1, 0.15) is 0 Å². The van der Waals surface area contributed by atoms with E-state index in [0.29, 0.717) is 6.42 Å². The number of thioether (sulfide) groups is 1. The summed E-state index contributed by atoms with van der Waals surface area (Å²) in [5.74, 6) is -0.800. The van der Waals surface area contributed by atoms with Crippen molar-refractivity contribution in [3.05, 3.63) is 71.4 Å². The van der Waals surface area contributed by atoms with Gasteiger partial charge in [0.25, 0.3) is 0 Å². The number of para-hydroxylation sites is 1. The Labute approximate surface area is 175 Å². The number of hydrogen-bond donors (Lipinski definition) is 1. The molecule has 0 radical (unpaired) electrons. The second kappa shape index (κ2) is 8.37. The summed E-state index contributed by atoms with van der Waals surface area (Å²) in [6.07, 6.45) is 4.19. The minimum Gasteiger partial charge on any atom is -0.325 e. The van der Waals surface area contributed by atoms with Gasteiger partial charge >= 0.3 is 0 Å². The summed E-state index contributed by atoms with van der Waals surface area (Å²) in [7, 11) is 0. The van der Waals surface area contributed by atoms with Gasteiger partial charge in [0, 0.05) is 39.9 Å². The van der Waals surface area contributed by atoms with Gasteiger partial charge in [0.2, 0.25) is 5.91 Å². The molecule has 1 unspecified atom stereocenters. The summed E-state index contributed by atoms with van der Waals surface area (Å²) in [6, 6.07) is 17.6. The topological polar surface area (TPSA) is 58.5 Å². The predicted octanol–water partition coefficient (Wildman–Crippen LogP) is 5.23. The lowest BCUT2D eigenvalue weighted by molar-refractivity contribution is -0.119. The normalized spacial score (nSPS) is 21.4. The molecule has 5 heteroatoms. The van der Waals surface area contributed by atoms with E-state index < -0.39 is 5.92 Å². The molecule has 0 fully saturated rings. The molecule has 0 spiro atoms. The Kier molecular flexibility index (Phi) is 5.67. The smallest absolute Gasteiger partial charge is 0.234 e. The Bertz CT molecular complexity index is 993. The van der Waals surface area contributed by atoms with Gasteiger partial charge in [-0.3, -0.25) is 14.6 Å². The zero-order valence-electron chi connectivity index (χ0n) is 16.6. The summed E-state index contributed by atoms with van der Waals surface area (Å²) >= 11 is 1.67. The minimum atomic E-state index is -0.504. The molecule has 1 N–H and O–H groups in total. The first-order valence-electron chi connectivity index (χ1n) is 9.90. The number of ketones is 1. The van der Waals surface area contributed by atoms with Crippen molar-refractivity contribution in [2.75, 3.05) is 11.6 Å². The molecule has 2 aromatic rings. The third-order valence-electron chi connectivity index (χ3n) is 5.63. The Hall–Kier alpha value is -2.66. The zero-order chi connectivity index (χ0) is 20.4. The Morgan fingerprint density at radius 1 is 1.07 bits per heavy atom. The van der Waals surface area contributed by atoms with Crippen LogP contribution in [-0.4, -0.2) is 23.7 Å². The number of Topliss-reactive ketones (excluding diaryl/α,β-unsaturated/α-hetero) is 1. The van der Waals surface area contributed by atoms with Crippen molar-refractivity contribution in [1.82, 2.24) is 0 Å². The fraction of sp³-hybridized carbons (Fsp3) is 0.292. The third kappa shape index (κ3) is 3.92. The first-order chi connectivity index (χ1) is 14.1. The van der Waals surface area contributed by atoms with E-state index in [1.165, 1.54) is 0 Å². The highest BCUT2D eigenvalue weighted by Crippen LogP contribution is 2.43. The second-order valence-electron chi connectivity index (χ2n) is 7.47. The van der Waals surface area contributed by atoms with Gasteiger partial charge in [0.15, 0.2) is 5.78 Å². The van der Waals surface area contributed by atoms with Crippen LogP contribution in [0.25, 0.3) is 0 Å². The van der Waals surface area contributed by atoms with Gasteiger partial charge in [-0.15, -0.1) is 11.8 Å². The van der Waals surface area contributed by atoms with E-state index >= 15 is 0 Å². The summed E-state index contributed by atoms with van der Waals surface area (Å²) in [6.45, 7) is 1.90. The number of amides is 1. The zero-order valence-corrected chi connectivity index (χ0v) is 17.5. The molecule has 1 aliphatic heterocycles. The molecule has 148 valence electrons. The van der Waals surface area contributed by atoms with Gasteiger partial charge in [-0.2, -0.15) is 0 Å². The molecule has 29 heavy (non-hydrogen) atoms. The van der Waals surface area contributed by atoms with Crippen LogP contribution in [0.4, 0.5) is 5.69 Å². The maximum Gasteiger partial charge on any atom is 0.234 e. The van der Waals surface area contributed by atoms with Crippen LogP contribution >= 0.6 is 11.8 Å². The van der Waals surface area contributed by atoms with E-state index in [0.717, 1.165) is 46.0 Å². The summed E-state index contributed by atoms with van der Waals surface area (Å²) in [4.78, 5) is 32.1. The number of allylic oxidation sites excluding steroid dienone is 2. The SMILES string of the molecule is CSc1ccc([C@@H]2C3=C(CCCC3=O)N=C(C)C2C(=O)Nc2ccccc2)cc1. The minimum absolute atomic E-state index is 0.124. The maximum absolute atomic E-state index is 13.3. The van der Waals surface area contributed by atoms with Crippen molar-refractivity contribution < 1.29 is 9.59 Å². The van der Waals surface area contributed by atoms with E-state index in [1.807, 2.05) is 55.6 Å². The molecule has 1 amide bonds. The van der Waals surface area contributed by atoms with Gasteiger partial charge in [-0.05, 0) is 55.9 Å². The molecule has 0 saturated heterocycles. The highest BCUT2D eigenvalue weighted by Gasteiger charge is 2.42. The molecule has 4 rings (SSSR count). The molecule has 0 bridgehead atoms. The number of anilines is 1. The van der Waals surface area contributed by atoms with Crippen LogP contribution in [0.1, 0.15) is 37.7 Å². The van der Waals surface area contributed by atoms with Crippen molar-refractivity contribution in [3.8, 4) is 0 Å². The van der Waals surface area contributed by atoms with E-state index in [9.17, 15) is 9.59 Å². The quantitative estimate of drug-likeness (QED) is 0.710. The number of rotatable bonds is 4. The maximum atomic E-state index is 13.3. The Balaban J connectivity index is 1.77. The highest BCUT2D eigenvalue weighted by atomic mass is 32.2. The van der Waals surface area contributed by atoms with Crippen LogP contribution in [0.5, 0.6) is 0 Å². The first-order valence-corrected chi connectivity index (χ1v) is 11.1. The second-order valence-corrected chi connectivity index (χ2v) is 8.35. The van der Waals surface area contributed by atoms with Crippen LogP contribution in [0.3, 0.4) is 0 Å². The van der Waals surface area contributed by atoms with Gasteiger partial charge < -0.3 is 5.32 Å². The van der Waals surface area contributed by atoms with Crippen LogP contribution in [0, 0.1) is 5.92 Å². The number of nitrogens with zero attached hydrogens (tertiary/aromatic N) is 1. The predicted molar refractivity (Wildman–Crippen MR) is 119 cm³/mol. The van der Waals surface area contributed by atoms with Crippen LogP contribution in [-0.2, 0) is 9.59 Å². The monoisotopic (exact) mass is 404 g/mol. The van der Waals surface area contributed by atoms with Crippen molar-refractivity contribution >= 4 is 34.9 Å². The largest absolute Gasteiger partial charge is 0.325 e. The van der Waals surface area contributed by atoms with Gasteiger partial charge in [-0.1, -0.05) is 30.3 Å². The standard InChI is InChI=1S/C24H24N2O2S/c1-15-21(24(28)26-17-7-4-3-5-8-17)22(16-11-13-18(29-2)14-12-16)23-19(25-15)9-6-10-20(23)27/h3-5,7-8,11-14,21-22H,6,9-10H2,1-2H3,(H,26,28)/t21?,22-/m0/s1. The van der Waals surface area contributed by atoms with Crippen LogP contribution < -0.4 is 5.32 Å². The molecule has 2 aliphatic rings. The van der Waals surface area contributed by atoms with E-state index in [2.05, 4.69) is 17.4 Å². The van der Waals surface area contributed by atoms with Crippen LogP contribution in [0.2, 0.25) is 0 Å². The Morgan fingerprint density at radius 3 is 2.48 bits per heavy atom. The first kappa shape index (κ1) is 19.6. The molecule has 0 aromatic heterocycles. The molecular formula is C24H24N2O2S. The number of nitrogens with one attached hydrogen (secondary N) is 1. The average molecular weight is 405 g/mol. The van der Waals surface area contributed by atoms with Gasteiger partial charge in [-0.25, -0.2) is 0 Å². The van der Waals surface area contributed by atoms with Crippen molar-refractivity contribution in [3.63, 3.8) is 0 Å². The number of carbonyl (C=O) groups is 2.